The Bertz CT molecular complexity index is 575. The van der Waals surface area contributed by atoms with E-state index in [4.69, 9.17) is 0 Å². The van der Waals surface area contributed by atoms with Gasteiger partial charge in [0.05, 0.1) is 11.4 Å². The molecule has 5 nitrogen and oxygen atoms in total. The molecule has 0 bridgehead atoms. The van der Waals surface area contributed by atoms with Crippen LogP contribution in [0.5, 0.6) is 0 Å². The molecule has 0 fully saturated rings. The number of anilines is 1. The third-order valence-electron chi connectivity index (χ3n) is 3.13. The van der Waals surface area contributed by atoms with Gasteiger partial charge in [-0.2, -0.15) is 0 Å². The summed E-state index contributed by atoms with van der Waals surface area (Å²) in [6.07, 6.45) is 0.441. The van der Waals surface area contributed by atoms with Crippen molar-refractivity contribution in [1.82, 2.24) is 0 Å². The van der Waals surface area contributed by atoms with Gasteiger partial charge >= 0.3 is 5.97 Å². The van der Waals surface area contributed by atoms with Gasteiger partial charge in [0, 0.05) is 0 Å². The minimum atomic E-state index is -3.66. The van der Waals surface area contributed by atoms with Crippen molar-refractivity contribution in [3.8, 4) is 0 Å². The van der Waals surface area contributed by atoms with Gasteiger partial charge in [-0.1, -0.05) is 25.1 Å². The van der Waals surface area contributed by atoms with Crippen molar-refractivity contribution in [3.63, 3.8) is 0 Å². The number of nitrogens with zero attached hydrogens (tertiary/aromatic N) is 1. The molecule has 1 aromatic rings. The molecule has 0 aliphatic heterocycles. The van der Waals surface area contributed by atoms with Crippen molar-refractivity contribution in [3.05, 3.63) is 29.3 Å². The van der Waals surface area contributed by atoms with Gasteiger partial charge < -0.3 is 5.11 Å². The molecule has 0 aromatic heterocycles. The average molecular weight is 299 g/mol. The fraction of sp³-hybridized carbons (Fsp3) is 0.500. The number of carbonyl (C=O) groups is 1. The molecule has 0 amide bonds. The topological polar surface area (TPSA) is 74.7 Å². The molecule has 1 atom stereocenters. The molecule has 6 heteroatoms. The molecule has 0 saturated heterocycles. The molecule has 1 N–H and O–H groups in total. The third kappa shape index (κ3) is 3.30. The maximum atomic E-state index is 12.4. The lowest BCUT2D eigenvalue weighted by Gasteiger charge is -2.30. The number of carboxylic acid groups (broad SMARTS) is 1. The van der Waals surface area contributed by atoms with Crippen molar-refractivity contribution in [2.75, 3.05) is 10.1 Å². The summed E-state index contributed by atoms with van der Waals surface area (Å²) in [4.78, 5) is 11.3. The van der Waals surface area contributed by atoms with Gasteiger partial charge in [-0.3, -0.25) is 4.31 Å². The van der Waals surface area contributed by atoms with E-state index >= 15 is 0 Å². The van der Waals surface area contributed by atoms with Crippen LogP contribution in [0.1, 0.15) is 31.4 Å². The first kappa shape index (κ1) is 16.5. The number of aryl methyl sites for hydroxylation is 2. The Morgan fingerprint density at radius 2 is 1.80 bits per heavy atom. The zero-order chi connectivity index (χ0) is 15.5. The Balaban J connectivity index is 3.50. The van der Waals surface area contributed by atoms with Crippen LogP contribution < -0.4 is 4.31 Å². The van der Waals surface area contributed by atoms with E-state index < -0.39 is 22.0 Å². The molecule has 0 aliphatic rings. The van der Waals surface area contributed by atoms with Gasteiger partial charge in [-0.15, -0.1) is 0 Å². The molecule has 0 radical (unpaired) electrons. The Labute approximate surface area is 120 Å². The van der Waals surface area contributed by atoms with E-state index in [-0.39, 0.29) is 5.75 Å². The number of hydrogen-bond donors (Lipinski definition) is 1. The largest absolute Gasteiger partial charge is 0.480 e. The van der Waals surface area contributed by atoms with Crippen LogP contribution in [0.2, 0.25) is 0 Å². The standard InChI is InChI=1S/C14H21NO4S/c1-5-9-20(18,19)15(12(4)14(16)17)13-10(2)7-6-8-11(13)3/h6-8,12H,5,9H2,1-4H3,(H,16,17). The Kier molecular flexibility index (Phi) is 5.16. The molecule has 1 unspecified atom stereocenters. The quantitative estimate of drug-likeness (QED) is 0.874. The fourth-order valence-electron chi connectivity index (χ4n) is 2.18. The van der Waals surface area contributed by atoms with Crippen LogP contribution in [0.15, 0.2) is 18.2 Å². The molecule has 112 valence electrons. The molecule has 1 aromatic carbocycles. The summed E-state index contributed by atoms with van der Waals surface area (Å²) in [5, 5.41) is 9.22. The normalized spacial score (nSPS) is 13.0. The number of para-hydroxylation sites is 1. The smallest absolute Gasteiger partial charge is 0.327 e. The van der Waals surface area contributed by atoms with Gasteiger partial charge in [-0.25, -0.2) is 13.2 Å². The van der Waals surface area contributed by atoms with E-state index in [1.807, 2.05) is 6.07 Å². The number of benzene rings is 1. The predicted octanol–water partition coefficient (Wildman–Crippen LogP) is 2.32. The third-order valence-corrected chi connectivity index (χ3v) is 5.15. The number of sulfonamides is 1. The molecular formula is C14H21NO4S. The fourth-order valence-corrected chi connectivity index (χ4v) is 4.03. The zero-order valence-corrected chi connectivity index (χ0v) is 13.1. The summed E-state index contributed by atoms with van der Waals surface area (Å²) in [5.74, 6) is -1.23. The lowest BCUT2D eigenvalue weighted by Crippen LogP contribution is -2.45. The summed E-state index contributed by atoms with van der Waals surface area (Å²) in [7, 11) is -3.66. The molecular weight excluding hydrogens is 278 g/mol. The van der Waals surface area contributed by atoms with Crippen molar-refractivity contribution in [2.45, 2.75) is 40.2 Å². The summed E-state index contributed by atoms with van der Waals surface area (Å²) in [6, 6.07) is 4.26. The second-order valence-corrected chi connectivity index (χ2v) is 6.83. The van der Waals surface area contributed by atoms with Crippen LogP contribution in [-0.4, -0.2) is 31.3 Å². The van der Waals surface area contributed by atoms with Crippen LogP contribution in [0.25, 0.3) is 0 Å². The number of carboxylic acids is 1. The number of hydrogen-bond acceptors (Lipinski definition) is 3. The highest BCUT2D eigenvalue weighted by atomic mass is 32.2. The van der Waals surface area contributed by atoms with Crippen molar-refractivity contribution < 1.29 is 18.3 Å². The molecule has 1 rings (SSSR count). The summed E-state index contributed by atoms with van der Waals surface area (Å²) >= 11 is 0. The maximum absolute atomic E-state index is 12.4. The highest BCUT2D eigenvalue weighted by Crippen LogP contribution is 2.29. The molecule has 0 aliphatic carbocycles. The van der Waals surface area contributed by atoms with Crippen LogP contribution in [0.3, 0.4) is 0 Å². The highest BCUT2D eigenvalue weighted by Gasteiger charge is 2.33. The molecule has 0 spiro atoms. The van der Waals surface area contributed by atoms with E-state index in [0.717, 1.165) is 15.4 Å². The summed E-state index contributed by atoms with van der Waals surface area (Å²) in [6.45, 7) is 6.71. The van der Waals surface area contributed by atoms with Crippen molar-refractivity contribution in [2.24, 2.45) is 0 Å². The minimum absolute atomic E-state index is 0.0710. The van der Waals surface area contributed by atoms with Crippen molar-refractivity contribution >= 4 is 21.7 Å². The maximum Gasteiger partial charge on any atom is 0.327 e. The van der Waals surface area contributed by atoms with E-state index in [0.29, 0.717) is 12.1 Å². The van der Waals surface area contributed by atoms with E-state index in [9.17, 15) is 18.3 Å². The van der Waals surface area contributed by atoms with Gasteiger partial charge in [0.2, 0.25) is 10.0 Å². The van der Waals surface area contributed by atoms with Crippen molar-refractivity contribution in [1.29, 1.82) is 0 Å². The lowest BCUT2D eigenvalue weighted by atomic mass is 10.1. The first-order valence-electron chi connectivity index (χ1n) is 6.53. The van der Waals surface area contributed by atoms with E-state index in [1.54, 1.807) is 32.9 Å². The zero-order valence-electron chi connectivity index (χ0n) is 12.3. The van der Waals surface area contributed by atoms with Crippen LogP contribution >= 0.6 is 0 Å². The minimum Gasteiger partial charge on any atom is -0.480 e. The number of aliphatic carboxylic acids is 1. The van der Waals surface area contributed by atoms with Gasteiger partial charge in [0.1, 0.15) is 6.04 Å². The van der Waals surface area contributed by atoms with Gasteiger partial charge in [0.15, 0.2) is 0 Å². The second-order valence-electron chi connectivity index (χ2n) is 4.87. The lowest BCUT2D eigenvalue weighted by molar-refractivity contribution is -0.137. The SMILES string of the molecule is CCCS(=O)(=O)N(c1c(C)cccc1C)C(C)C(=O)O. The Hall–Kier alpha value is -1.56. The van der Waals surface area contributed by atoms with E-state index in [1.165, 1.54) is 6.92 Å². The second kappa shape index (κ2) is 6.26. The first-order chi connectivity index (χ1) is 9.22. The predicted molar refractivity (Wildman–Crippen MR) is 79.6 cm³/mol. The molecule has 0 heterocycles. The first-order valence-corrected chi connectivity index (χ1v) is 8.14. The van der Waals surface area contributed by atoms with Gasteiger partial charge in [-0.05, 0) is 38.3 Å². The average Bonchev–Trinajstić information content (AvgIpc) is 2.32. The Morgan fingerprint density at radius 1 is 1.30 bits per heavy atom. The monoisotopic (exact) mass is 299 g/mol. The van der Waals surface area contributed by atoms with Crippen LogP contribution in [0.4, 0.5) is 5.69 Å². The molecule has 20 heavy (non-hydrogen) atoms. The Morgan fingerprint density at radius 3 is 2.20 bits per heavy atom. The molecule has 0 saturated carbocycles. The van der Waals surface area contributed by atoms with Gasteiger partial charge in [0.25, 0.3) is 0 Å². The van der Waals surface area contributed by atoms with Crippen LogP contribution in [0, 0.1) is 13.8 Å². The summed E-state index contributed by atoms with van der Waals surface area (Å²) < 4.78 is 25.9. The van der Waals surface area contributed by atoms with Crippen LogP contribution in [-0.2, 0) is 14.8 Å². The van der Waals surface area contributed by atoms with E-state index in [2.05, 4.69) is 0 Å². The number of rotatable bonds is 6. The highest BCUT2D eigenvalue weighted by molar-refractivity contribution is 7.92. The summed E-state index contributed by atoms with van der Waals surface area (Å²) in [5.41, 5.74) is 1.96.